The van der Waals surface area contributed by atoms with Gasteiger partial charge in [-0.05, 0) is 30.9 Å². The Morgan fingerprint density at radius 1 is 1.21 bits per heavy atom. The van der Waals surface area contributed by atoms with Gasteiger partial charge in [0.05, 0.1) is 22.3 Å². The number of H-pyrrole nitrogens is 2. The molecule has 1 aromatic carbocycles. The lowest BCUT2D eigenvalue weighted by molar-refractivity contribution is 0.940. The first-order chi connectivity index (χ1) is 9.25. The van der Waals surface area contributed by atoms with E-state index in [0.29, 0.717) is 0 Å². The average molecular weight is 251 g/mol. The van der Waals surface area contributed by atoms with Gasteiger partial charge in [0.2, 0.25) is 0 Å². The lowest BCUT2D eigenvalue weighted by atomic mass is 9.89. The topological polar surface area (TPSA) is 61.5 Å². The van der Waals surface area contributed by atoms with Crippen molar-refractivity contribution in [2.24, 2.45) is 0 Å². The molecule has 0 aliphatic heterocycles. The number of fused-ring (bicyclic) bond motifs is 5. The first kappa shape index (κ1) is 10.6. The van der Waals surface area contributed by atoms with Gasteiger partial charge in [-0.25, -0.2) is 5.10 Å². The summed E-state index contributed by atoms with van der Waals surface area (Å²) < 4.78 is 0. The lowest BCUT2D eigenvalue weighted by Gasteiger charge is -2.15. The first-order valence-corrected chi connectivity index (χ1v) is 6.44. The van der Waals surface area contributed by atoms with Crippen molar-refractivity contribution in [3.05, 3.63) is 51.4 Å². The van der Waals surface area contributed by atoms with E-state index in [9.17, 15) is 4.79 Å². The Kier molecular flexibility index (Phi) is 1.98. The third kappa shape index (κ3) is 1.34. The number of hydrogen-bond acceptors (Lipinski definition) is 2. The fraction of sp³-hybridized carbons (Fsp3) is 0.200. The minimum Gasteiger partial charge on any atom is -0.353 e. The summed E-state index contributed by atoms with van der Waals surface area (Å²) in [6, 6.07) is 8.36. The molecule has 0 fully saturated rings. The van der Waals surface area contributed by atoms with Crippen molar-refractivity contribution in [1.29, 1.82) is 0 Å². The maximum Gasteiger partial charge on any atom is 0.273 e. The molecular formula is C15H13N3O. The van der Waals surface area contributed by atoms with Crippen LogP contribution in [0.25, 0.3) is 22.2 Å². The Bertz CT molecular complexity index is 857. The van der Waals surface area contributed by atoms with Crippen molar-refractivity contribution >= 4 is 10.9 Å². The maximum absolute atomic E-state index is 12.0. The zero-order valence-electron chi connectivity index (χ0n) is 10.6. The second kappa shape index (κ2) is 3.57. The van der Waals surface area contributed by atoms with Crippen LogP contribution >= 0.6 is 0 Å². The summed E-state index contributed by atoms with van der Waals surface area (Å²) in [4.78, 5) is 15.4. The molecule has 0 unspecified atom stereocenters. The molecule has 3 aromatic rings. The third-order valence-corrected chi connectivity index (χ3v) is 3.95. The van der Waals surface area contributed by atoms with Crippen molar-refractivity contribution in [2.45, 2.75) is 19.8 Å². The zero-order valence-corrected chi connectivity index (χ0v) is 10.6. The highest BCUT2D eigenvalue weighted by molar-refractivity contribution is 5.92. The summed E-state index contributed by atoms with van der Waals surface area (Å²) in [6.45, 7) is 1.91. The van der Waals surface area contributed by atoms with Gasteiger partial charge < -0.3 is 4.98 Å². The van der Waals surface area contributed by atoms with Gasteiger partial charge in [-0.15, -0.1) is 0 Å². The highest BCUT2D eigenvalue weighted by atomic mass is 16.1. The van der Waals surface area contributed by atoms with Gasteiger partial charge >= 0.3 is 0 Å². The Labute approximate surface area is 109 Å². The molecule has 4 rings (SSSR count). The van der Waals surface area contributed by atoms with Gasteiger partial charge in [-0.2, -0.15) is 5.10 Å². The van der Waals surface area contributed by atoms with E-state index in [4.69, 9.17) is 0 Å². The molecule has 0 amide bonds. The SMILES string of the molecule is Cc1n[nH]c(=O)c2c3c([nH]c12)-c1ccccc1CC3. The van der Waals surface area contributed by atoms with Gasteiger partial charge in [0.15, 0.2) is 0 Å². The van der Waals surface area contributed by atoms with Gasteiger partial charge in [0.25, 0.3) is 5.56 Å². The largest absolute Gasteiger partial charge is 0.353 e. The monoisotopic (exact) mass is 251 g/mol. The van der Waals surface area contributed by atoms with Crippen LogP contribution in [-0.2, 0) is 12.8 Å². The summed E-state index contributed by atoms with van der Waals surface area (Å²) in [5, 5.41) is 7.39. The molecule has 0 saturated carbocycles. The van der Waals surface area contributed by atoms with E-state index in [1.54, 1.807) is 0 Å². The summed E-state index contributed by atoms with van der Waals surface area (Å²) in [5.74, 6) is 0. The summed E-state index contributed by atoms with van der Waals surface area (Å²) >= 11 is 0. The Morgan fingerprint density at radius 2 is 2.05 bits per heavy atom. The summed E-state index contributed by atoms with van der Waals surface area (Å²) in [7, 11) is 0. The molecule has 0 atom stereocenters. The van der Waals surface area contributed by atoms with Crippen LogP contribution in [0.1, 0.15) is 16.8 Å². The number of hydrogen-bond donors (Lipinski definition) is 2. The Balaban J connectivity index is 2.17. The number of nitrogens with one attached hydrogen (secondary N) is 2. The molecule has 0 saturated heterocycles. The molecule has 1 aliphatic carbocycles. The smallest absolute Gasteiger partial charge is 0.273 e. The van der Waals surface area contributed by atoms with Crippen molar-refractivity contribution in [3.63, 3.8) is 0 Å². The van der Waals surface area contributed by atoms with E-state index < -0.39 is 0 Å². The number of rotatable bonds is 0. The maximum atomic E-state index is 12.0. The molecule has 2 aromatic heterocycles. The summed E-state index contributed by atoms with van der Waals surface area (Å²) in [6.07, 6.45) is 1.88. The zero-order chi connectivity index (χ0) is 13.0. The van der Waals surface area contributed by atoms with E-state index in [1.807, 2.05) is 13.0 Å². The van der Waals surface area contributed by atoms with E-state index in [2.05, 4.69) is 33.4 Å². The van der Waals surface area contributed by atoms with Crippen LogP contribution in [-0.4, -0.2) is 15.2 Å². The quantitative estimate of drug-likeness (QED) is 0.644. The predicted octanol–water partition coefficient (Wildman–Crippen LogP) is 2.33. The van der Waals surface area contributed by atoms with Crippen LogP contribution in [0.2, 0.25) is 0 Å². The van der Waals surface area contributed by atoms with Crippen LogP contribution in [0.15, 0.2) is 29.1 Å². The number of nitrogens with zero attached hydrogens (tertiary/aromatic N) is 1. The molecule has 4 heteroatoms. The van der Waals surface area contributed by atoms with Crippen LogP contribution in [0.5, 0.6) is 0 Å². The molecule has 0 radical (unpaired) electrons. The molecule has 94 valence electrons. The Morgan fingerprint density at radius 3 is 2.95 bits per heavy atom. The van der Waals surface area contributed by atoms with Crippen molar-refractivity contribution in [1.82, 2.24) is 15.2 Å². The van der Waals surface area contributed by atoms with Crippen LogP contribution in [0.4, 0.5) is 0 Å². The predicted molar refractivity (Wildman–Crippen MR) is 74.3 cm³/mol. The molecule has 0 bridgehead atoms. The van der Waals surface area contributed by atoms with Crippen molar-refractivity contribution in [3.8, 4) is 11.3 Å². The molecule has 2 heterocycles. The molecule has 0 spiro atoms. The van der Waals surface area contributed by atoms with Gasteiger partial charge in [0, 0.05) is 5.56 Å². The van der Waals surface area contributed by atoms with Crippen LogP contribution in [0.3, 0.4) is 0 Å². The number of aryl methyl sites for hydroxylation is 3. The van der Waals surface area contributed by atoms with E-state index in [-0.39, 0.29) is 5.56 Å². The second-order valence-electron chi connectivity index (χ2n) is 5.02. The molecule has 19 heavy (non-hydrogen) atoms. The fourth-order valence-electron chi connectivity index (χ4n) is 3.03. The molecule has 1 aliphatic rings. The molecule has 2 N–H and O–H groups in total. The number of aromatic amines is 2. The van der Waals surface area contributed by atoms with E-state index >= 15 is 0 Å². The highest BCUT2D eigenvalue weighted by Crippen LogP contribution is 2.36. The van der Waals surface area contributed by atoms with Crippen LogP contribution in [0, 0.1) is 6.92 Å². The fourth-order valence-corrected chi connectivity index (χ4v) is 3.03. The average Bonchev–Trinajstić information content (AvgIpc) is 2.84. The van der Waals surface area contributed by atoms with Crippen molar-refractivity contribution in [2.75, 3.05) is 0 Å². The number of aromatic nitrogens is 3. The lowest BCUT2D eigenvalue weighted by Crippen LogP contribution is -2.11. The van der Waals surface area contributed by atoms with Gasteiger partial charge in [0.1, 0.15) is 0 Å². The standard InChI is InChI=1S/C15H13N3O/c1-8-13-12(15(19)18-17-8)11-7-6-9-4-2-3-5-10(9)14(11)16-13/h2-5,16H,6-7H2,1H3,(H,18,19). The minimum atomic E-state index is -0.0996. The van der Waals surface area contributed by atoms with E-state index in [0.717, 1.165) is 40.7 Å². The van der Waals surface area contributed by atoms with Crippen LogP contribution < -0.4 is 5.56 Å². The first-order valence-electron chi connectivity index (χ1n) is 6.44. The third-order valence-electron chi connectivity index (χ3n) is 3.95. The van der Waals surface area contributed by atoms with Gasteiger partial charge in [-0.3, -0.25) is 4.79 Å². The second-order valence-corrected chi connectivity index (χ2v) is 5.02. The van der Waals surface area contributed by atoms with E-state index in [1.165, 1.54) is 11.1 Å². The molecular weight excluding hydrogens is 238 g/mol. The Hall–Kier alpha value is -2.36. The normalized spacial score (nSPS) is 13.3. The van der Waals surface area contributed by atoms with Gasteiger partial charge in [-0.1, -0.05) is 24.3 Å². The number of benzene rings is 1. The minimum absolute atomic E-state index is 0.0996. The van der Waals surface area contributed by atoms with Crippen molar-refractivity contribution < 1.29 is 0 Å². The molecule has 4 nitrogen and oxygen atoms in total. The highest BCUT2D eigenvalue weighted by Gasteiger charge is 2.22. The summed E-state index contributed by atoms with van der Waals surface area (Å²) in [5.41, 5.74) is 6.35.